The quantitative estimate of drug-likeness (QED) is 0.123. The van der Waals surface area contributed by atoms with E-state index in [4.69, 9.17) is 10.8 Å². The molecule has 9 aromatic rings. The van der Waals surface area contributed by atoms with Crippen molar-refractivity contribution in [2.75, 3.05) is 0 Å². The monoisotopic (exact) mass is 915 g/mol. The van der Waals surface area contributed by atoms with Gasteiger partial charge in [-0.15, -0.1) is 59.7 Å². The van der Waals surface area contributed by atoms with Crippen LogP contribution in [0.5, 0.6) is 0 Å². The van der Waals surface area contributed by atoms with Crippen molar-refractivity contribution >= 4 is 46.2 Å². The van der Waals surface area contributed by atoms with Crippen LogP contribution in [0.3, 0.4) is 0 Å². The fraction of sp³-hybridized carbons (Fsp3) is 0.125. The van der Waals surface area contributed by atoms with Gasteiger partial charge in [0.05, 0.1) is 30.5 Å². The Morgan fingerprint density at radius 3 is 2.20 bits per heavy atom. The first kappa shape index (κ1) is 36.5. The maximum absolute atomic E-state index is 13.7. The van der Waals surface area contributed by atoms with Crippen LogP contribution in [0.1, 0.15) is 26.7 Å². The van der Waals surface area contributed by atoms with E-state index >= 15 is 0 Å². The van der Waals surface area contributed by atoms with Gasteiger partial charge in [0, 0.05) is 38.7 Å². The van der Waals surface area contributed by atoms with Crippen molar-refractivity contribution in [3.8, 4) is 39.5 Å². The van der Waals surface area contributed by atoms with Gasteiger partial charge in [-0.2, -0.15) is 0 Å². The van der Waals surface area contributed by atoms with E-state index < -0.39 is 14.0 Å². The topological polar surface area (TPSA) is 43.9 Å². The standard InChI is InChI=1S/C31H18FN2O.C17H22NSi.Ir/c32-23-12-14-24(15-13-23)34-28-9-5-4-8-27(28)33-31(34)22-11-17-30-26(19-22)25-18-21(10-16-29(25)35-30)20-6-2-1-3-7-20;1-13(2)15-11-16(14-9-7-6-8-10-14)18-12-17(15)19(3,4)5;/h1-10,12-19H;6-9,11-13H,1-5H3;/q2*-1;/i;13D;. The molecule has 3 heterocycles. The third-order valence-corrected chi connectivity index (χ3v) is 11.6. The molecule has 0 atom stereocenters. The first-order chi connectivity index (χ1) is 26.4. The van der Waals surface area contributed by atoms with Crippen LogP contribution in [0.2, 0.25) is 19.6 Å². The molecule has 0 aliphatic rings. The molecule has 0 aliphatic carbocycles. The summed E-state index contributed by atoms with van der Waals surface area (Å²) >= 11 is 0. The number of pyridine rings is 1. The summed E-state index contributed by atoms with van der Waals surface area (Å²) in [5.41, 5.74) is 10.4. The van der Waals surface area contributed by atoms with Gasteiger partial charge in [0.25, 0.3) is 0 Å². The number of para-hydroxylation sites is 2. The Kier molecular flexibility index (Phi) is 10.4. The number of aromatic nitrogens is 3. The number of halogens is 1. The largest absolute Gasteiger partial charge is 0.500 e. The number of nitrogens with zero attached hydrogens (tertiary/aromatic N) is 3. The number of hydrogen-bond acceptors (Lipinski definition) is 3. The van der Waals surface area contributed by atoms with Crippen LogP contribution >= 0.6 is 0 Å². The van der Waals surface area contributed by atoms with Gasteiger partial charge in [-0.1, -0.05) is 99.0 Å². The first-order valence-corrected chi connectivity index (χ1v) is 21.6. The fourth-order valence-electron chi connectivity index (χ4n) is 6.89. The smallest absolute Gasteiger partial charge is 0.123 e. The van der Waals surface area contributed by atoms with Crippen LogP contribution in [0.4, 0.5) is 4.39 Å². The average Bonchev–Trinajstić information content (AvgIpc) is 3.76. The number of benzene rings is 6. The van der Waals surface area contributed by atoms with E-state index in [9.17, 15) is 4.39 Å². The molecule has 55 heavy (non-hydrogen) atoms. The molecular formula is C48H40FIrN3OSi-2. The number of furan rings is 1. The van der Waals surface area contributed by atoms with Crippen molar-refractivity contribution in [3.63, 3.8) is 0 Å². The van der Waals surface area contributed by atoms with Crippen molar-refractivity contribution < 1.29 is 30.3 Å². The molecular weight excluding hydrogens is 874 g/mol. The van der Waals surface area contributed by atoms with Crippen molar-refractivity contribution in [1.82, 2.24) is 14.5 Å². The molecule has 6 aromatic carbocycles. The number of fused-ring (bicyclic) bond motifs is 4. The summed E-state index contributed by atoms with van der Waals surface area (Å²) in [6.07, 6.45) is 1.98. The molecule has 0 unspecified atom stereocenters. The Bertz CT molecular complexity index is 2790. The second-order valence-electron chi connectivity index (χ2n) is 14.7. The van der Waals surface area contributed by atoms with Gasteiger partial charge in [-0.25, -0.2) is 4.39 Å². The van der Waals surface area contributed by atoms with Crippen molar-refractivity contribution in [2.24, 2.45) is 0 Å². The van der Waals surface area contributed by atoms with Gasteiger partial charge in [-0.3, -0.25) is 4.98 Å². The first-order valence-electron chi connectivity index (χ1n) is 18.6. The molecule has 3 aromatic heterocycles. The fourth-order valence-corrected chi connectivity index (χ4v) is 8.47. The maximum atomic E-state index is 13.7. The number of hydrogen-bond donors (Lipinski definition) is 0. The minimum Gasteiger partial charge on any atom is -0.500 e. The van der Waals surface area contributed by atoms with Gasteiger partial charge in [0.1, 0.15) is 11.4 Å². The second kappa shape index (κ2) is 15.7. The van der Waals surface area contributed by atoms with Crippen LogP contribution in [-0.4, -0.2) is 22.6 Å². The zero-order chi connectivity index (χ0) is 38.3. The third kappa shape index (κ3) is 7.74. The summed E-state index contributed by atoms with van der Waals surface area (Å²) in [5.74, 6) is -0.137. The zero-order valence-electron chi connectivity index (χ0n) is 32.3. The average molecular weight is 915 g/mol. The van der Waals surface area contributed by atoms with Crippen molar-refractivity contribution in [1.29, 1.82) is 0 Å². The predicted molar refractivity (Wildman–Crippen MR) is 224 cm³/mol. The van der Waals surface area contributed by atoms with Crippen LogP contribution in [-0.2, 0) is 20.1 Å². The van der Waals surface area contributed by atoms with E-state index in [1.807, 2.05) is 103 Å². The Hall–Kier alpha value is -5.46. The Morgan fingerprint density at radius 1 is 0.745 bits per heavy atom. The summed E-state index contributed by atoms with van der Waals surface area (Å²) in [5, 5.41) is 3.32. The molecule has 0 spiro atoms. The molecule has 7 heteroatoms. The van der Waals surface area contributed by atoms with E-state index in [-0.39, 0.29) is 25.9 Å². The molecule has 9 rings (SSSR count). The molecule has 0 saturated carbocycles. The van der Waals surface area contributed by atoms with Crippen LogP contribution in [0, 0.1) is 17.9 Å². The van der Waals surface area contributed by atoms with Crippen LogP contribution in [0.25, 0.3) is 72.4 Å². The normalized spacial score (nSPS) is 11.9. The van der Waals surface area contributed by atoms with Crippen LogP contribution < -0.4 is 5.19 Å². The molecule has 0 N–H and O–H groups in total. The predicted octanol–water partition coefficient (Wildman–Crippen LogP) is 12.4. The molecule has 0 bridgehead atoms. The van der Waals surface area contributed by atoms with Gasteiger partial charge in [-0.05, 0) is 76.4 Å². The SMILES string of the molecule is Fc1ccc(-n2c(-c3[c-]cc4oc5ccc(-c6ccccc6)cc5c4c3)nc3ccccc32)cc1.[2H]C(C)(C)c1cc(-c2[c-]cccc2)ncc1[Si](C)(C)C.[Ir]. The Morgan fingerprint density at radius 2 is 1.47 bits per heavy atom. The molecule has 0 aliphatic heterocycles. The number of imidazole rings is 1. The number of rotatable bonds is 6. The third-order valence-electron chi connectivity index (χ3n) is 9.63. The van der Waals surface area contributed by atoms with Gasteiger partial charge < -0.3 is 14.0 Å². The summed E-state index contributed by atoms with van der Waals surface area (Å²) < 4.78 is 30.3. The van der Waals surface area contributed by atoms with Crippen molar-refractivity contribution in [2.45, 2.75) is 39.4 Å². The van der Waals surface area contributed by atoms with Gasteiger partial charge >= 0.3 is 0 Å². The minimum absolute atomic E-state index is 0. The van der Waals surface area contributed by atoms with E-state index in [1.54, 1.807) is 12.1 Å². The zero-order valence-corrected chi connectivity index (χ0v) is 34.7. The van der Waals surface area contributed by atoms with E-state index in [2.05, 4.69) is 73.2 Å². The van der Waals surface area contributed by atoms with E-state index in [0.29, 0.717) is 0 Å². The van der Waals surface area contributed by atoms with Crippen molar-refractivity contribution in [3.05, 3.63) is 169 Å². The second-order valence-corrected chi connectivity index (χ2v) is 19.7. The van der Waals surface area contributed by atoms with Gasteiger partial charge in [0.15, 0.2) is 0 Å². The summed E-state index contributed by atoms with van der Waals surface area (Å²) in [7, 11) is -1.50. The van der Waals surface area contributed by atoms with Gasteiger partial charge in [0.2, 0.25) is 0 Å². The van der Waals surface area contributed by atoms with Crippen LogP contribution in [0.15, 0.2) is 150 Å². The minimum atomic E-state index is -1.50. The Balaban J connectivity index is 0.000000197. The molecule has 0 saturated heterocycles. The summed E-state index contributed by atoms with van der Waals surface area (Å²) in [6.45, 7) is 10.8. The molecule has 4 nitrogen and oxygen atoms in total. The molecule has 0 amide bonds. The molecule has 275 valence electrons. The molecule has 0 fully saturated rings. The maximum Gasteiger partial charge on any atom is 0.123 e. The molecule has 1 radical (unpaired) electrons. The Labute approximate surface area is 337 Å². The van der Waals surface area contributed by atoms with E-state index in [0.717, 1.165) is 78.0 Å². The summed E-state index contributed by atoms with van der Waals surface area (Å²) in [6, 6.07) is 51.5. The summed E-state index contributed by atoms with van der Waals surface area (Å²) in [4.78, 5) is 9.54. The van der Waals surface area contributed by atoms with E-state index in [1.165, 1.54) is 17.3 Å².